The number of Topliss-reactive ketones (excluding diaryl/α,β-unsaturated/α-hetero) is 1. The van der Waals surface area contributed by atoms with Crippen LogP contribution in [0.1, 0.15) is 33.7 Å². The number of morpholine rings is 1. The van der Waals surface area contributed by atoms with Gasteiger partial charge in [0.2, 0.25) is 0 Å². The number of carbonyl (C=O) groups excluding carboxylic acids is 1. The van der Waals surface area contributed by atoms with Gasteiger partial charge in [0.1, 0.15) is 10.0 Å². The normalized spacial score (nSPS) is 18.9. The van der Waals surface area contributed by atoms with E-state index in [1.807, 2.05) is 30.3 Å². The van der Waals surface area contributed by atoms with Crippen LogP contribution in [0.15, 0.2) is 30.3 Å². The first-order valence-corrected chi connectivity index (χ1v) is 8.79. The van der Waals surface area contributed by atoms with E-state index in [0.717, 1.165) is 35.1 Å². The minimum atomic E-state index is 0.102. The lowest BCUT2D eigenvalue weighted by molar-refractivity contribution is -0.0126. The molecule has 1 fully saturated rings. The Morgan fingerprint density at radius 1 is 1.30 bits per heavy atom. The smallest absolute Gasteiger partial charge is 0.164 e. The summed E-state index contributed by atoms with van der Waals surface area (Å²) in [5, 5.41) is 10.5. The first-order valence-electron chi connectivity index (χ1n) is 7.97. The molecule has 5 nitrogen and oxygen atoms in total. The number of aryl methyl sites for hydroxylation is 1. The lowest BCUT2D eigenvalue weighted by Crippen LogP contribution is -2.45. The van der Waals surface area contributed by atoms with Crippen LogP contribution in [-0.2, 0) is 17.7 Å². The molecule has 3 rings (SSSR count). The third kappa shape index (κ3) is 4.22. The van der Waals surface area contributed by atoms with Crippen LogP contribution in [0.25, 0.3) is 0 Å². The van der Waals surface area contributed by atoms with Crippen molar-refractivity contribution in [3.05, 3.63) is 45.9 Å². The molecule has 6 heteroatoms. The Labute approximate surface area is 140 Å². The monoisotopic (exact) mass is 331 g/mol. The van der Waals surface area contributed by atoms with E-state index in [1.165, 1.54) is 0 Å². The highest BCUT2D eigenvalue weighted by Crippen LogP contribution is 2.19. The van der Waals surface area contributed by atoms with Crippen LogP contribution >= 0.6 is 11.3 Å². The molecule has 0 saturated carbocycles. The van der Waals surface area contributed by atoms with Gasteiger partial charge in [-0.2, -0.15) is 0 Å². The molecule has 2 aromatic rings. The number of ketones is 1. The second-order valence-electron chi connectivity index (χ2n) is 5.64. The fraction of sp³-hybridized carbons (Fsp3) is 0.471. The number of hydrogen-bond donors (Lipinski definition) is 0. The van der Waals surface area contributed by atoms with Gasteiger partial charge in [-0.25, -0.2) is 0 Å². The molecule has 23 heavy (non-hydrogen) atoms. The molecule has 2 heterocycles. The molecule has 1 aromatic carbocycles. The summed E-state index contributed by atoms with van der Waals surface area (Å²) in [4.78, 5) is 14.7. The highest BCUT2D eigenvalue weighted by Gasteiger charge is 2.26. The van der Waals surface area contributed by atoms with Crippen molar-refractivity contribution in [1.82, 2.24) is 15.1 Å². The van der Waals surface area contributed by atoms with E-state index in [2.05, 4.69) is 22.0 Å². The standard InChI is InChI=1S/C17H21N3O2S/c1-2-16-18-19-17(23-16)11-20-8-9-22-12-14(20)10-15(21)13-6-4-3-5-7-13/h3-7,14H,2,8-12H2,1H3/t14-/m1/s1. The third-order valence-electron chi connectivity index (χ3n) is 4.02. The molecule has 1 aliphatic heterocycles. The zero-order chi connectivity index (χ0) is 16.1. The maximum atomic E-state index is 12.5. The van der Waals surface area contributed by atoms with Crippen molar-refractivity contribution in [2.75, 3.05) is 19.8 Å². The number of aromatic nitrogens is 2. The van der Waals surface area contributed by atoms with Crippen LogP contribution in [0.4, 0.5) is 0 Å². The molecule has 1 atom stereocenters. The van der Waals surface area contributed by atoms with Crippen molar-refractivity contribution in [3.8, 4) is 0 Å². The zero-order valence-corrected chi connectivity index (χ0v) is 14.1. The lowest BCUT2D eigenvalue weighted by atomic mass is 10.0. The van der Waals surface area contributed by atoms with Crippen molar-refractivity contribution in [2.45, 2.75) is 32.4 Å². The molecule has 0 aliphatic carbocycles. The fourth-order valence-electron chi connectivity index (χ4n) is 2.71. The number of benzene rings is 1. The molecule has 1 aliphatic rings. The molecular formula is C17H21N3O2S. The van der Waals surface area contributed by atoms with Crippen molar-refractivity contribution in [1.29, 1.82) is 0 Å². The van der Waals surface area contributed by atoms with Crippen LogP contribution in [0.3, 0.4) is 0 Å². The quantitative estimate of drug-likeness (QED) is 0.762. The SMILES string of the molecule is CCc1nnc(CN2CCOC[C@H]2CC(=O)c2ccccc2)s1. The first kappa shape index (κ1) is 16.2. The predicted molar refractivity (Wildman–Crippen MR) is 89.7 cm³/mol. The van der Waals surface area contributed by atoms with Gasteiger partial charge in [-0.15, -0.1) is 21.5 Å². The molecule has 0 amide bonds. The number of carbonyl (C=O) groups is 1. The van der Waals surface area contributed by atoms with E-state index >= 15 is 0 Å². The largest absolute Gasteiger partial charge is 0.378 e. The topological polar surface area (TPSA) is 55.3 Å². The number of hydrogen-bond acceptors (Lipinski definition) is 6. The average Bonchev–Trinajstić information content (AvgIpc) is 3.05. The van der Waals surface area contributed by atoms with Crippen molar-refractivity contribution >= 4 is 17.1 Å². The minimum Gasteiger partial charge on any atom is -0.378 e. The molecule has 122 valence electrons. The molecule has 0 spiro atoms. The Balaban J connectivity index is 1.65. The highest BCUT2D eigenvalue weighted by atomic mass is 32.1. The zero-order valence-electron chi connectivity index (χ0n) is 13.3. The average molecular weight is 331 g/mol. The van der Waals surface area contributed by atoms with Gasteiger partial charge in [0, 0.05) is 24.6 Å². The van der Waals surface area contributed by atoms with E-state index < -0.39 is 0 Å². The molecule has 0 bridgehead atoms. The summed E-state index contributed by atoms with van der Waals surface area (Å²) in [5.74, 6) is 0.164. The second kappa shape index (κ2) is 7.77. The fourth-order valence-corrected chi connectivity index (χ4v) is 3.52. The van der Waals surface area contributed by atoms with Crippen molar-refractivity contribution in [3.63, 3.8) is 0 Å². The van der Waals surface area contributed by atoms with E-state index in [4.69, 9.17) is 4.74 Å². The highest BCUT2D eigenvalue weighted by molar-refractivity contribution is 7.11. The molecular weight excluding hydrogens is 310 g/mol. The van der Waals surface area contributed by atoms with Crippen LogP contribution in [0.2, 0.25) is 0 Å². The summed E-state index contributed by atoms with van der Waals surface area (Å²) in [5.41, 5.74) is 0.766. The summed E-state index contributed by atoms with van der Waals surface area (Å²) in [6.45, 7) is 4.95. The van der Waals surface area contributed by atoms with Crippen molar-refractivity contribution in [2.24, 2.45) is 0 Å². The van der Waals surface area contributed by atoms with Gasteiger partial charge in [-0.3, -0.25) is 9.69 Å². The first-order chi connectivity index (χ1) is 11.3. The van der Waals surface area contributed by atoms with E-state index in [0.29, 0.717) is 19.6 Å². The Bertz CT molecular complexity index is 644. The molecule has 1 saturated heterocycles. The van der Waals surface area contributed by atoms with Crippen LogP contribution in [-0.4, -0.2) is 46.7 Å². The molecule has 1 aromatic heterocycles. The lowest BCUT2D eigenvalue weighted by Gasteiger charge is -2.34. The van der Waals surface area contributed by atoms with Gasteiger partial charge in [0.25, 0.3) is 0 Å². The van der Waals surface area contributed by atoms with E-state index in [-0.39, 0.29) is 11.8 Å². The van der Waals surface area contributed by atoms with Gasteiger partial charge < -0.3 is 4.74 Å². The minimum absolute atomic E-state index is 0.102. The Hall–Kier alpha value is -1.63. The third-order valence-corrected chi connectivity index (χ3v) is 5.07. The number of nitrogens with zero attached hydrogens (tertiary/aromatic N) is 3. The Morgan fingerprint density at radius 2 is 2.09 bits per heavy atom. The number of ether oxygens (including phenoxy) is 1. The van der Waals surface area contributed by atoms with Crippen LogP contribution in [0, 0.1) is 0 Å². The van der Waals surface area contributed by atoms with Gasteiger partial charge in [-0.05, 0) is 6.42 Å². The molecule has 0 N–H and O–H groups in total. The van der Waals surface area contributed by atoms with Gasteiger partial charge in [-0.1, -0.05) is 37.3 Å². The second-order valence-corrected chi connectivity index (χ2v) is 6.78. The maximum Gasteiger partial charge on any atom is 0.164 e. The summed E-state index contributed by atoms with van der Waals surface area (Å²) >= 11 is 1.65. The number of rotatable bonds is 6. The molecule has 0 radical (unpaired) electrons. The molecule has 0 unspecified atom stereocenters. The van der Waals surface area contributed by atoms with Crippen LogP contribution < -0.4 is 0 Å². The summed E-state index contributed by atoms with van der Waals surface area (Å²) in [6.07, 6.45) is 1.39. The van der Waals surface area contributed by atoms with Crippen LogP contribution in [0.5, 0.6) is 0 Å². The van der Waals surface area contributed by atoms with Crippen molar-refractivity contribution < 1.29 is 9.53 Å². The van der Waals surface area contributed by atoms with Gasteiger partial charge >= 0.3 is 0 Å². The Morgan fingerprint density at radius 3 is 2.83 bits per heavy atom. The maximum absolute atomic E-state index is 12.5. The van der Waals surface area contributed by atoms with Gasteiger partial charge in [0.15, 0.2) is 5.78 Å². The van der Waals surface area contributed by atoms with E-state index in [1.54, 1.807) is 11.3 Å². The van der Waals surface area contributed by atoms with Gasteiger partial charge in [0.05, 0.1) is 19.8 Å². The predicted octanol–water partition coefficient (Wildman–Crippen LogP) is 2.57. The van der Waals surface area contributed by atoms with E-state index in [9.17, 15) is 4.79 Å². The summed E-state index contributed by atoms with van der Waals surface area (Å²) < 4.78 is 5.59. The summed E-state index contributed by atoms with van der Waals surface area (Å²) in [6, 6.07) is 9.56. The Kier molecular flexibility index (Phi) is 5.48. The summed E-state index contributed by atoms with van der Waals surface area (Å²) in [7, 11) is 0.